The first-order chi connectivity index (χ1) is 7.70. The second kappa shape index (κ2) is 14.0. The molecule has 0 heterocycles. The Balaban J connectivity index is 0. The molecule has 0 aromatic carbocycles. The van der Waals surface area contributed by atoms with Gasteiger partial charge in [0.1, 0.15) is 0 Å². The molecule has 0 saturated carbocycles. The zero-order valence-corrected chi connectivity index (χ0v) is 13.9. The van der Waals surface area contributed by atoms with Crippen LogP contribution >= 0.6 is 24.0 Å². The Morgan fingerprint density at radius 3 is 2.41 bits per heavy atom. The molecule has 5 heteroatoms. The number of hydrogen-bond acceptors (Lipinski definition) is 2. The van der Waals surface area contributed by atoms with Gasteiger partial charge in [-0.05, 0) is 25.7 Å². The van der Waals surface area contributed by atoms with Gasteiger partial charge in [0.05, 0.1) is 6.61 Å². The fraction of sp³-hybridized carbons (Fsp3) is 0.917. The third-order valence-electron chi connectivity index (χ3n) is 2.22. The Morgan fingerprint density at radius 1 is 1.24 bits per heavy atom. The number of aliphatic imine (C=N–C) groups is 1. The zero-order chi connectivity index (χ0) is 12.2. The highest BCUT2D eigenvalue weighted by atomic mass is 127. The topological polar surface area (TPSA) is 45.6 Å². The highest BCUT2D eigenvalue weighted by Gasteiger charge is 1.97. The van der Waals surface area contributed by atoms with Crippen LogP contribution in [0, 0.1) is 5.92 Å². The number of ether oxygens (including phenoxy) is 1. The van der Waals surface area contributed by atoms with Gasteiger partial charge in [-0.2, -0.15) is 0 Å². The summed E-state index contributed by atoms with van der Waals surface area (Å²) in [6.07, 6.45) is 2.44. The average molecular weight is 357 g/mol. The van der Waals surface area contributed by atoms with Gasteiger partial charge in [0.15, 0.2) is 5.96 Å². The minimum atomic E-state index is 0. The normalized spacial score (nSPS) is 11.2. The third-order valence-corrected chi connectivity index (χ3v) is 2.22. The van der Waals surface area contributed by atoms with Crippen LogP contribution in [0.1, 0.15) is 33.6 Å². The summed E-state index contributed by atoms with van der Waals surface area (Å²) < 4.78 is 5.24. The van der Waals surface area contributed by atoms with E-state index in [0.29, 0.717) is 0 Å². The van der Waals surface area contributed by atoms with E-state index in [1.165, 1.54) is 12.8 Å². The summed E-state index contributed by atoms with van der Waals surface area (Å²) in [6.45, 7) is 9.76. The molecule has 0 atom stereocenters. The van der Waals surface area contributed by atoms with Crippen molar-refractivity contribution in [3.63, 3.8) is 0 Å². The predicted molar refractivity (Wildman–Crippen MR) is 85.3 cm³/mol. The van der Waals surface area contributed by atoms with Crippen molar-refractivity contribution in [2.45, 2.75) is 33.6 Å². The first-order valence-electron chi connectivity index (χ1n) is 6.23. The van der Waals surface area contributed by atoms with Gasteiger partial charge in [0.2, 0.25) is 0 Å². The molecule has 0 spiro atoms. The lowest BCUT2D eigenvalue weighted by atomic mass is 10.1. The van der Waals surface area contributed by atoms with Crippen LogP contribution in [0.3, 0.4) is 0 Å². The zero-order valence-electron chi connectivity index (χ0n) is 11.6. The fourth-order valence-corrected chi connectivity index (χ4v) is 1.32. The van der Waals surface area contributed by atoms with Crippen molar-refractivity contribution in [1.29, 1.82) is 0 Å². The van der Waals surface area contributed by atoms with E-state index in [9.17, 15) is 0 Å². The minimum Gasteiger partial charge on any atom is -0.380 e. The van der Waals surface area contributed by atoms with E-state index in [-0.39, 0.29) is 24.0 Å². The minimum absolute atomic E-state index is 0. The highest BCUT2D eigenvalue weighted by molar-refractivity contribution is 14.0. The maximum Gasteiger partial charge on any atom is 0.191 e. The standard InChI is InChI=1S/C12H27N3O.HI/c1-5-16-10-9-15-12(13-4)14-8-6-7-11(2)3;/h11H,5-10H2,1-4H3,(H2,13,14,15);1H. The molecule has 0 aromatic rings. The molecule has 2 N–H and O–H groups in total. The number of nitrogens with zero attached hydrogens (tertiary/aromatic N) is 1. The van der Waals surface area contributed by atoms with E-state index >= 15 is 0 Å². The van der Waals surface area contributed by atoms with Gasteiger partial charge in [0, 0.05) is 26.7 Å². The number of halogens is 1. The van der Waals surface area contributed by atoms with Crippen LogP contribution in [0.5, 0.6) is 0 Å². The number of nitrogens with one attached hydrogen (secondary N) is 2. The predicted octanol–water partition coefficient (Wildman–Crippen LogP) is 2.24. The van der Waals surface area contributed by atoms with Crippen molar-refractivity contribution in [1.82, 2.24) is 10.6 Å². The largest absolute Gasteiger partial charge is 0.380 e. The second-order valence-electron chi connectivity index (χ2n) is 4.16. The molecule has 4 nitrogen and oxygen atoms in total. The lowest BCUT2D eigenvalue weighted by Gasteiger charge is -2.12. The number of hydrogen-bond donors (Lipinski definition) is 2. The van der Waals surface area contributed by atoms with E-state index in [0.717, 1.165) is 38.2 Å². The Bertz CT molecular complexity index is 187. The first kappa shape index (κ1) is 19.3. The van der Waals surface area contributed by atoms with Gasteiger partial charge in [-0.15, -0.1) is 24.0 Å². The Labute approximate surface area is 123 Å². The van der Waals surface area contributed by atoms with Crippen molar-refractivity contribution >= 4 is 29.9 Å². The third kappa shape index (κ3) is 13.9. The summed E-state index contributed by atoms with van der Waals surface area (Å²) in [5.41, 5.74) is 0. The van der Waals surface area contributed by atoms with Crippen molar-refractivity contribution in [3.05, 3.63) is 0 Å². The molecular weight excluding hydrogens is 329 g/mol. The number of guanidine groups is 1. The van der Waals surface area contributed by atoms with E-state index < -0.39 is 0 Å². The fourth-order valence-electron chi connectivity index (χ4n) is 1.32. The Kier molecular flexibility index (Phi) is 15.9. The van der Waals surface area contributed by atoms with Crippen molar-refractivity contribution in [2.75, 3.05) is 33.4 Å². The van der Waals surface area contributed by atoms with Crippen LogP contribution in [0.4, 0.5) is 0 Å². The van der Waals surface area contributed by atoms with Crippen LogP contribution in [0.2, 0.25) is 0 Å². The molecule has 0 aliphatic carbocycles. The van der Waals surface area contributed by atoms with Crippen molar-refractivity contribution < 1.29 is 4.74 Å². The molecule has 0 amide bonds. The first-order valence-corrected chi connectivity index (χ1v) is 6.23. The lowest BCUT2D eigenvalue weighted by Crippen LogP contribution is -2.39. The molecule has 17 heavy (non-hydrogen) atoms. The molecule has 104 valence electrons. The maximum atomic E-state index is 5.24. The monoisotopic (exact) mass is 357 g/mol. The highest BCUT2D eigenvalue weighted by Crippen LogP contribution is 2.01. The average Bonchev–Trinajstić information content (AvgIpc) is 2.26. The molecule has 0 radical (unpaired) electrons. The van der Waals surface area contributed by atoms with Gasteiger partial charge in [-0.3, -0.25) is 4.99 Å². The van der Waals surface area contributed by atoms with Crippen LogP contribution in [-0.2, 0) is 4.74 Å². The summed E-state index contributed by atoms with van der Waals surface area (Å²) in [6, 6.07) is 0. The summed E-state index contributed by atoms with van der Waals surface area (Å²) in [5, 5.41) is 6.49. The van der Waals surface area contributed by atoms with Gasteiger partial charge in [0.25, 0.3) is 0 Å². The maximum absolute atomic E-state index is 5.24. The van der Waals surface area contributed by atoms with Gasteiger partial charge >= 0.3 is 0 Å². The van der Waals surface area contributed by atoms with Crippen molar-refractivity contribution in [3.8, 4) is 0 Å². The SMILES string of the molecule is CCOCCNC(=NC)NCCCC(C)C.I. The molecular formula is C12H28IN3O. The summed E-state index contributed by atoms with van der Waals surface area (Å²) in [7, 11) is 1.79. The second-order valence-corrected chi connectivity index (χ2v) is 4.16. The quantitative estimate of drug-likeness (QED) is 0.303. The van der Waals surface area contributed by atoms with Crippen LogP contribution in [0.25, 0.3) is 0 Å². The van der Waals surface area contributed by atoms with Gasteiger partial charge in [-0.25, -0.2) is 0 Å². The molecule has 0 aliphatic rings. The van der Waals surface area contributed by atoms with Gasteiger partial charge in [-0.1, -0.05) is 13.8 Å². The smallest absolute Gasteiger partial charge is 0.191 e. The van der Waals surface area contributed by atoms with Crippen molar-refractivity contribution in [2.24, 2.45) is 10.9 Å². The van der Waals surface area contributed by atoms with Crippen LogP contribution in [0.15, 0.2) is 4.99 Å². The molecule has 0 bridgehead atoms. The van der Waals surface area contributed by atoms with E-state index in [1.54, 1.807) is 7.05 Å². The molecule has 0 aliphatic heterocycles. The Morgan fingerprint density at radius 2 is 1.88 bits per heavy atom. The van der Waals surface area contributed by atoms with E-state index in [2.05, 4.69) is 29.5 Å². The van der Waals surface area contributed by atoms with E-state index in [1.807, 2.05) is 6.92 Å². The summed E-state index contributed by atoms with van der Waals surface area (Å²) >= 11 is 0. The molecule has 0 rings (SSSR count). The number of rotatable bonds is 8. The van der Waals surface area contributed by atoms with Crippen LogP contribution < -0.4 is 10.6 Å². The molecule has 0 aromatic heterocycles. The molecule has 0 fully saturated rings. The summed E-state index contributed by atoms with van der Waals surface area (Å²) in [5.74, 6) is 1.64. The van der Waals surface area contributed by atoms with Gasteiger partial charge < -0.3 is 15.4 Å². The summed E-state index contributed by atoms with van der Waals surface area (Å²) in [4.78, 5) is 4.14. The Hall–Kier alpha value is -0.0400. The lowest BCUT2D eigenvalue weighted by molar-refractivity contribution is 0.152. The van der Waals surface area contributed by atoms with Crippen LogP contribution in [-0.4, -0.2) is 39.3 Å². The molecule has 0 unspecified atom stereocenters. The van der Waals surface area contributed by atoms with E-state index in [4.69, 9.17) is 4.74 Å². The molecule has 0 saturated heterocycles.